The van der Waals surface area contributed by atoms with Gasteiger partial charge in [0.25, 0.3) is 5.91 Å². The van der Waals surface area contributed by atoms with Crippen LogP contribution in [0.15, 0.2) is 29.6 Å². The molecule has 0 aliphatic carbocycles. The van der Waals surface area contributed by atoms with Crippen LogP contribution in [0.2, 0.25) is 0 Å². The lowest BCUT2D eigenvalue weighted by molar-refractivity contribution is 0.0957. The molecule has 0 aliphatic rings. The van der Waals surface area contributed by atoms with Crippen LogP contribution in [0.1, 0.15) is 36.6 Å². The van der Waals surface area contributed by atoms with Gasteiger partial charge in [0.15, 0.2) is 0 Å². The Kier molecular flexibility index (Phi) is 5.55. The first-order chi connectivity index (χ1) is 12.0. The number of carbonyl (C=O) groups excluding carboxylic acids is 1. The average Bonchev–Trinajstić information content (AvgIpc) is 3.15. The van der Waals surface area contributed by atoms with E-state index in [1.807, 2.05) is 19.2 Å². The van der Waals surface area contributed by atoms with Gasteiger partial charge in [-0.15, -0.1) is 22.7 Å². The van der Waals surface area contributed by atoms with Crippen molar-refractivity contribution in [3.8, 4) is 0 Å². The van der Waals surface area contributed by atoms with Gasteiger partial charge in [0.1, 0.15) is 10.7 Å². The molecule has 0 atom stereocenters. The second kappa shape index (κ2) is 7.84. The van der Waals surface area contributed by atoms with Crippen molar-refractivity contribution in [1.82, 2.24) is 15.3 Å². The first-order valence-corrected chi connectivity index (χ1v) is 9.61. The summed E-state index contributed by atoms with van der Waals surface area (Å²) in [7, 11) is 0. The van der Waals surface area contributed by atoms with E-state index in [9.17, 15) is 9.18 Å². The number of halogens is 1. The van der Waals surface area contributed by atoms with Crippen molar-refractivity contribution in [2.45, 2.75) is 26.7 Å². The van der Waals surface area contributed by atoms with Crippen LogP contribution in [0.4, 0.5) is 4.39 Å². The number of thiazole rings is 2. The number of nitrogens with one attached hydrogen (secondary N) is 1. The number of hydrogen-bond donors (Lipinski definition) is 1. The van der Waals surface area contributed by atoms with E-state index >= 15 is 0 Å². The van der Waals surface area contributed by atoms with Gasteiger partial charge in [-0.2, -0.15) is 0 Å². The van der Waals surface area contributed by atoms with E-state index < -0.39 is 0 Å². The summed E-state index contributed by atoms with van der Waals surface area (Å²) in [5.41, 5.74) is 2.70. The maximum absolute atomic E-state index is 13.0. The fraction of sp³-hybridized carbons (Fsp3) is 0.278. The van der Waals surface area contributed by atoms with E-state index in [0.29, 0.717) is 17.8 Å². The first-order valence-electron chi connectivity index (χ1n) is 7.91. The first kappa shape index (κ1) is 17.7. The van der Waals surface area contributed by atoms with Crippen LogP contribution in [-0.4, -0.2) is 22.4 Å². The SMILES string of the molecule is Cc1nc(CCNC(=O)c2sc(Cc3ccc(F)cc3)nc2C)cs1. The van der Waals surface area contributed by atoms with Gasteiger partial charge >= 0.3 is 0 Å². The van der Waals surface area contributed by atoms with Crippen molar-refractivity contribution >= 4 is 28.6 Å². The summed E-state index contributed by atoms with van der Waals surface area (Å²) in [6.45, 7) is 4.35. The molecule has 0 unspecified atom stereocenters. The highest BCUT2D eigenvalue weighted by Crippen LogP contribution is 2.21. The minimum atomic E-state index is -0.255. The fourth-order valence-electron chi connectivity index (χ4n) is 2.42. The van der Waals surface area contributed by atoms with E-state index in [2.05, 4.69) is 15.3 Å². The standard InChI is InChI=1S/C18H18FN3OS2/c1-11-17(18(23)20-8-7-15-10-24-12(2)22-15)25-16(21-11)9-13-3-5-14(19)6-4-13/h3-6,10H,7-9H2,1-2H3,(H,20,23). The molecule has 1 aromatic carbocycles. The summed E-state index contributed by atoms with van der Waals surface area (Å²) in [6.07, 6.45) is 1.31. The Hall–Kier alpha value is -2.12. The molecule has 7 heteroatoms. The van der Waals surface area contributed by atoms with Crippen molar-refractivity contribution < 1.29 is 9.18 Å². The number of aromatic nitrogens is 2. The molecule has 0 aliphatic heterocycles. The van der Waals surface area contributed by atoms with Crippen LogP contribution in [0.5, 0.6) is 0 Å². The van der Waals surface area contributed by atoms with Crippen LogP contribution >= 0.6 is 22.7 Å². The normalized spacial score (nSPS) is 10.8. The number of carbonyl (C=O) groups is 1. The summed E-state index contributed by atoms with van der Waals surface area (Å²) in [5, 5.41) is 6.83. The third-order valence-electron chi connectivity index (χ3n) is 3.65. The molecule has 1 N–H and O–H groups in total. The summed E-state index contributed by atoms with van der Waals surface area (Å²) in [4.78, 5) is 21.9. The fourth-order valence-corrected chi connectivity index (χ4v) is 4.09. The molecule has 0 saturated carbocycles. The maximum atomic E-state index is 13.0. The second-order valence-corrected chi connectivity index (χ2v) is 7.83. The minimum Gasteiger partial charge on any atom is -0.351 e. The number of amides is 1. The molecule has 3 rings (SSSR count). The third kappa shape index (κ3) is 4.70. The molecule has 0 fully saturated rings. The lowest BCUT2D eigenvalue weighted by atomic mass is 10.1. The molecule has 3 aromatic rings. The van der Waals surface area contributed by atoms with Gasteiger partial charge in [-0.1, -0.05) is 12.1 Å². The quantitative estimate of drug-likeness (QED) is 0.710. The monoisotopic (exact) mass is 375 g/mol. The molecule has 4 nitrogen and oxygen atoms in total. The molecule has 2 aromatic heterocycles. The van der Waals surface area contributed by atoms with E-state index in [4.69, 9.17) is 0 Å². The smallest absolute Gasteiger partial charge is 0.263 e. The summed E-state index contributed by atoms with van der Waals surface area (Å²) in [6, 6.07) is 6.34. The molecular weight excluding hydrogens is 357 g/mol. The van der Waals surface area contributed by atoms with Crippen molar-refractivity contribution in [1.29, 1.82) is 0 Å². The Labute approximate surface area is 153 Å². The van der Waals surface area contributed by atoms with Crippen LogP contribution in [0.25, 0.3) is 0 Å². The van der Waals surface area contributed by atoms with Crippen molar-refractivity contribution in [2.75, 3.05) is 6.54 Å². The van der Waals surface area contributed by atoms with Gasteiger partial charge in [0.05, 0.1) is 21.4 Å². The van der Waals surface area contributed by atoms with Gasteiger partial charge in [-0.3, -0.25) is 4.79 Å². The Morgan fingerprint density at radius 1 is 1.20 bits per heavy atom. The van der Waals surface area contributed by atoms with Crippen LogP contribution in [0, 0.1) is 19.7 Å². The molecule has 0 saturated heterocycles. The zero-order valence-corrected chi connectivity index (χ0v) is 15.6. The summed E-state index contributed by atoms with van der Waals surface area (Å²) < 4.78 is 13.0. The number of nitrogens with zero attached hydrogens (tertiary/aromatic N) is 2. The van der Waals surface area contributed by atoms with E-state index in [1.165, 1.54) is 23.5 Å². The Balaban J connectivity index is 1.59. The predicted octanol–water partition coefficient (Wildman–Crippen LogP) is 3.92. The van der Waals surface area contributed by atoms with Gasteiger partial charge in [-0.25, -0.2) is 14.4 Å². The highest BCUT2D eigenvalue weighted by atomic mass is 32.1. The highest BCUT2D eigenvalue weighted by molar-refractivity contribution is 7.13. The topological polar surface area (TPSA) is 54.9 Å². The number of hydrogen-bond acceptors (Lipinski definition) is 5. The molecule has 0 radical (unpaired) electrons. The van der Waals surface area contributed by atoms with Gasteiger partial charge in [0.2, 0.25) is 0 Å². The number of rotatable bonds is 6. The molecule has 2 heterocycles. The van der Waals surface area contributed by atoms with Gasteiger partial charge < -0.3 is 5.32 Å². The number of benzene rings is 1. The zero-order chi connectivity index (χ0) is 17.8. The summed E-state index contributed by atoms with van der Waals surface area (Å²) >= 11 is 3.00. The molecule has 0 spiro atoms. The van der Waals surface area contributed by atoms with Gasteiger partial charge in [0, 0.05) is 24.8 Å². The zero-order valence-electron chi connectivity index (χ0n) is 14.0. The second-order valence-electron chi connectivity index (χ2n) is 5.69. The van der Waals surface area contributed by atoms with Crippen LogP contribution in [0.3, 0.4) is 0 Å². The van der Waals surface area contributed by atoms with E-state index in [-0.39, 0.29) is 11.7 Å². The van der Waals surface area contributed by atoms with Crippen LogP contribution < -0.4 is 5.32 Å². The highest BCUT2D eigenvalue weighted by Gasteiger charge is 2.15. The largest absolute Gasteiger partial charge is 0.351 e. The number of aryl methyl sites for hydroxylation is 2. The molecule has 0 bridgehead atoms. The summed E-state index contributed by atoms with van der Waals surface area (Å²) in [5.74, 6) is -0.359. The lowest BCUT2D eigenvalue weighted by Crippen LogP contribution is -2.25. The van der Waals surface area contributed by atoms with Crippen LogP contribution in [-0.2, 0) is 12.8 Å². The predicted molar refractivity (Wildman–Crippen MR) is 98.9 cm³/mol. The minimum absolute atomic E-state index is 0.104. The molecule has 130 valence electrons. The van der Waals surface area contributed by atoms with Crippen molar-refractivity contribution in [3.05, 3.63) is 67.3 Å². The van der Waals surface area contributed by atoms with Gasteiger partial charge in [-0.05, 0) is 31.5 Å². The maximum Gasteiger partial charge on any atom is 0.263 e. The lowest BCUT2D eigenvalue weighted by Gasteiger charge is -2.02. The van der Waals surface area contributed by atoms with Crippen molar-refractivity contribution in [3.63, 3.8) is 0 Å². The Morgan fingerprint density at radius 3 is 2.64 bits per heavy atom. The Morgan fingerprint density at radius 2 is 1.96 bits per heavy atom. The molecular formula is C18H18FN3OS2. The average molecular weight is 375 g/mol. The Bertz CT molecular complexity index is 871. The van der Waals surface area contributed by atoms with E-state index in [0.717, 1.165) is 33.4 Å². The molecule has 1 amide bonds. The third-order valence-corrected chi connectivity index (χ3v) is 5.63. The van der Waals surface area contributed by atoms with Crippen molar-refractivity contribution in [2.24, 2.45) is 0 Å². The van der Waals surface area contributed by atoms with E-state index in [1.54, 1.807) is 23.5 Å². The molecule has 25 heavy (non-hydrogen) atoms.